The van der Waals surface area contributed by atoms with Gasteiger partial charge in [0.1, 0.15) is 5.92 Å². The molecule has 0 saturated carbocycles. The Labute approximate surface area is 194 Å². The molecule has 1 unspecified atom stereocenters. The zero-order chi connectivity index (χ0) is 22.4. The highest BCUT2D eigenvalue weighted by atomic mass is 79.9. The van der Waals surface area contributed by atoms with Gasteiger partial charge in [-0.25, -0.2) is 0 Å². The number of nitrogens with zero attached hydrogens (tertiary/aromatic N) is 1. The number of hydrogen-bond donors (Lipinski definition) is 0. The summed E-state index contributed by atoms with van der Waals surface area (Å²) in [4.78, 5) is 31.0. The molecule has 0 amide bonds. The molecule has 3 aliphatic rings. The topological polar surface area (TPSA) is 74.2 Å². The van der Waals surface area contributed by atoms with Gasteiger partial charge in [-0.1, -0.05) is 34.1 Å². The number of hydrogen-bond acceptors (Lipinski definition) is 6. The predicted octanol–water partition coefficient (Wildman–Crippen LogP) is 4.93. The lowest BCUT2D eigenvalue weighted by Gasteiger charge is -2.36. The average molecular weight is 496 g/mol. The van der Waals surface area contributed by atoms with Gasteiger partial charge in [0, 0.05) is 33.8 Å². The van der Waals surface area contributed by atoms with E-state index in [1.54, 1.807) is 0 Å². The van der Waals surface area contributed by atoms with Crippen LogP contribution >= 0.6 is 15.9 Å². The zero-order valence-corrected chi connectivity index (χ0v) is 19.3. The summed E-state index contributed by atoms with van der Waals surface area (Å²) in [6.45, 7) is 2.05. The number of Topliss-reactive ketones (excluding diaryl/α,β-unsaturated/α-hetero) is 1. The van der Waals surface area contributed by atoms with Gasteiger partial charge in [0.25, 0.3) is 0 Å². The standard InChI is InChI=1S/C25H22BrNO5/c1-13-22(25(29)30-2)23(14-3-6-17(26)7-4-14)24-18(27-13)9-16(10-19(24)28)15-5-8-20-21(11-15)32-12-31-20/h3-8,11,16,22-23H,9-10,12H2,1-2H3/t16-,22?,23+/m1/s1. The van der Waals surface area contributed by atoms with Crippen LogP contribution in [-0.2, 0) is 14.3 Å². The quantitative estimate of drug-likeness (QED) is 0.564. The number of ketones is 1. The summed E-state index contributed by atoms with van der Waals surface area (Å²) in [5, 5.41) is 0. The number of methoxy groups -OCH3 is 1. The molecule has 0 N–H and O–H groups in total. The summed E-state index contributed by atoms with van der Waals surface area (Å²) < 4.78 is 17.0. The highest BCUT2D eigenvalue weighted by Crippen LogP contribution is 2.47. The van der Waals surface area contributed by atoms with E-state index in [1.807, 2.05) is 49.4 Å². The smallest absolute Gasteiger partial charge is 0.315 e. The van der Waals surface area contributed by atoms with Crippen LogP contribution in [0.4, 0.5) is 0 Å². The maximum Gasteiger partial charge on any atom is 0.315 e. The van der Waals surface area contributed by atoms with Gasteiger partial charge in [0.2, 0.25) is 6.79 Å². The number of carbonyl (C=O) groups excluding carboxylic acids is 2. The van der Waals surface area contributed by atoms with Crippen LogP contribution in [0.2, 0.25) is 0 Å². The molecule has 2 aromatic rings. The van der Waals surface area contributed by atoms with E-state index in [9.17, 15) is 9.59 Å². The van der Waals surface area contributed by atoms with Crippen LogP contribution in [0, 0.1) is 5.92 Å². The molecule has 2 aliphatic heterocycles. The van der Waals surface area contributed by atoms with Crippen LogP contribution < -0.4 is 9.47 Å². The molecule has 0 radical (unpaired) electrons. The maximum absolute atomic E-state index is 13.5. The van der Waals surface area contributed by atoms with Crippen molar-refractivity contribution in [2.24, 2.45) is 10.9 Å². The summed E-state index contributed by atoms with van der Waals surface area (Å²) in [6, 6.07) is 13.6. The first-order chi connectivity index (χ1) is 15.5. The van der Waals surface area contributed by atoms with Gasteiger partial charge in [-0.05, 0) is 54.7 Å². The molecule has 3 atom stereocenters. The second-order valence-electron chi connectivity index (χ2n) is 8.28. The Morgan fingerprint density at radius 1 is 1.06 bits per heavy atom. The molecule has 1 aliphatic carbocycles. The third kappa shape index (κ3) is 3.54. The Morgan fingerprint density at radius 3 is 2.53 bits per heavy atom. The molecule has 5 rings (SSSR count). The van der Waals surface area contributed by atoms with Crippen LogP contribution in [-0.4, -0.2) is 31.4 Å². The molecule has 2 heterocycles. The molecule has 2 aromatic carbocycles. The number of fused-ring (bicyclic) bond motifs is 1. The number of carbonyl (C=O) groups is 2. The lowest BCUT2D eigenvalue weighted by molar-refractivity contribution is -0.143. The molecule has 0 spiro atoms. The molecule has 7 heteroatoms. The van der Waals surface area contributed by atoms with Gasteiger partial charge in [-0.15, -0.1) is 0 Å². The lowest BCUT2D eigenvalue weighted by atomic mass is 9.69. The van der Waals surface area contributed by atoms with Crippen molar-refractivity contribution in [3.8, 4) is 11.5 Å². The Bertz CT molecular complexity index is 1170. The third-order valence-corrected chi connectivity index (χ3v) is 6.97. The fraction of sp³-hybridized carbons (Fsp3) is 0.320. The van der Waals surface area contributed by atoms with Crippen molar-refractivity contribution in [2.75, 3.05) is 13.9 Å². The van der Waals surface area contributed by atoms with Gasteiger partial charge in [0.05, 0.1) is 7.11 Å². The van der Waals surface area contributed by atoms with E-state index >= 15 is 0 Å². The van der Waals surface area contributed by atoms with Gasteiger partial charge >= 0.3 is 5.97 Å². The summed E-state index contributed by atoms with van der Waals surface area (Å²) in [5.41, 5.74) is 3.99. The van der Waals surface area contributed by atoms with E-state index in [-0.39, 0.29) is 24.5 Å². The minimum absolute atomic E-state index is 0.00690. The predicted molar refractivity (Wildman–Crippen MR) is 122 cm³/mol. The average Bonchev–Trinajstić information content (AvgIpc) is 3.26. The van der Waals surface area contributed by atoms with Crippen LogP contribution in [0.1, 0.15) is 42.7 Å². The molecule has 0 bridgehead atoms. The number of benzene rings is 2. The number of aliphatic imine (C=N–C) groups is 1. The van der Waals surface area contributed by atoms with E-state index in [0.29, 0.717) is 29.9 Å². The highest BCUT2D eigenvalue weighted by Gasteiger charge is 2.44. The number of esters is 1. The molecule has 6 nitrogen and oxygen atoms in total. The van der Waals surface area contributed by atoms with Crippen molar-refractivity contribution in [2.45, 2.75) is 31.6 Å². The first-order valence-corrected chi connectivity index (χ1v) is 11.3. The minimum Gasteiger partial charge on any atom is -0.468 e. The molecule has 0 saturated heterocycles. The second-order valence-corrected chi connectivity index (χ2v) is 9.20. The van der Waals surface area contributed by atoms with Gasteiger partial charge in [-0.3, -0.25) is 14.6 Å². The summed E-state index contributed by atoms with van der Waals surface area (Å²) in [6.07, 6.45) is 0.979. The Morgan fingerprint density at radius 2 is 1.78 bits per heavy atom. The second kappa shape index (κ2) is 8.20. The van der Waals surface area contributed by atoms with Crippen molar-refractivity contribution >= 4 is 33.4 Å². The molecule has 164 valence electrons. The van der Waals surface area contributed by atoms with Crippen LogP contribution in [0.5, 0.6) is 11.5 Å². The fourth-order valence-electron chi connectivity index (χ4n) is 4.92. The van der Waals surface area contributed by atoms with E-state index < -0.39 is 11.8 Å². The van der Waals surface area contributed by atoms with Crippen LogP contribution in [0.25, 0.3) is 0 Å². The van der Waals surface area contributed by atoms with Crippen molar-refractivity contribution in [1.29, 1.82) is 0 Å². The van der Waals surface area contributed by atoms with Crippen molar-refractivity contribution < 1.29 is 23.8 Å². The monoisotopic (exact) mass is 495 g/mol. The van der Waals surface area contributed by atoms with Crippen LogP contribution in [0.15, 0.2) is 63.2 Å². The fourth-order valence-corrected chi connectivity index (χ4v) is 5.19. The Balaban J connectivity index is 1.56. The Kier molecular flexibility index (Phi) is 5.37. The SMILES string of the molecule is COC(=O)C1C(C)=NC2=C(C(=O)C[C@H](c3ccc4c(c3)OCO4)C2)[C@H]1c1ccc(Br)cc1. The molecular formula is C25H22BrNO5. The van der Waals surface area contributed by atoms with E-state index in [4.69, 9.17) is 19.2 Å². The Hall–Kier alpha value is -2.93. The van der Waals surface area contributed by atoms with Crippen LogP contribution in [0.3, 0.4) is 0 Å². The largest absolute Gasteiger partial charge is 0.468 e. The third-order valence-electron chi connectivity index (χ3n) is 6.44. The maximum atomic E-state index is 13.5. The van der Waals surface area contributed by atoms with Crippen molar-refractivity contribution in [1.82, 2.24) is 0 Å². The normalized spacial score (nSPS) is 24.2. The summed E-state index contributed by atoms with van der Waals surface area (Å²) in [5.74, 6) is 0.0326. The minimum atomic E-state index is -0.619. The lowest BCUT2D eigenvalue weighted by Crippen LogP contribution is -2.37. The summed E-state index contributed by atoms with van der Waals surface area (Å²) >= 11 is 3.46. The van der Waals surface area contributed by atoms with E-state index in [1.165, 1.54) is 7.11 Å². The molecule has 0 aromatic heterocycles. The van der Waals surface area contributed by atoms with Gasteiger partial charge in [-0.2, -0.15) is 0 Å². The van der Waals surface area contributed by atoms with Gasteiger partial charge in [0.15, 0.2) is 17.3 Å². The van der Waals surface area contributed by atoms with E-state index in [2.05, 4.69) is 15.9 Å². The van der Waals surface area contributed by atoms with Crippen molar-refractivity contribution in [3.05, 3.63) is 69.3 Å². The number of rotatable bonds is 3. The summed E-state index contributed by atoms with van der Waals surface area (Å²) in [7, 11) is 1.37. The van der Waals surface area contributed by atoms with E-state index in [0.717, 1.165) is 27.0 Å². The first-order valence-electron chi connectivity index (χ1n) is 10.5. The van der Waals surface area contributed by atoms with Crippen molar-refractivity contribution in [3.63, 3.8) is 0 Å². The number of ether oxygens (including phenoxy) is 3. The van der Waals surface area contributed by atoms with Gasteiger partial charge < -0.3 is 14.2 Å². The molecule has 32 heavy (non-hydrogen) atoms. The zero-order valence-electron chi connectivity index (χ0n) is 17.8. The molecule has 0 fully saturated rings. The molecular weight excluding hydrogens is 474 g/mol. The number of allylic oxidation sites excluding steroid dienone is 2. The highest BCUT2D eigenvalue weighted by molar-refractivity contribution is 9.10. The number of halogens is 1. The first kappa shape index (κ1) is 20.9.